The van der Waals surface area contributed by atoms with Crippen LogP contribution in [0.3, 0.4) is 0 Å². The van der Waals surface area contributed by atoms with Gasteiger partial charge in [-0.2, -0.15) is 5.26 Å². The summed E-state index contributed by atoms with van der Waals surface area (Å²) >= 11 is 13.6. The predicted molar refractivity (Wildman–Crippen MR) is 148 cm³/mol. The van der Waals surface area contributed by atoms with E-state index in [2.05, 4.69) is 42.8 Å². The van der Waals surface area contributed by atoms with Gasteiger partial charge < -0.3 is 16.0 Å². The summed E-state index contributed by atoms with van der Waals surface area (Å²) < 4.78 is 15.8. The second-order valence-corrected chi connectivity index (χ2v) is 12.8. The smallest absolute Gasteiger partial charge is 0.242 e. The van der Waals surface area contributed by atoms with Crippen molar-refractivity contribution < 1.29 is 14.0 Å². The number of carbonyl (C=O) groups is 2. The number of fused-ring (bicyclic) bond motifs is 2. The molecule has 1 unspecified atom stereocenters. The molecule has 2 amide bonds. The largest absolute Gasteiger partial charge is 0.325 e. The first-order valence-electron chi connectivity index (χ1n) is 12.1. The fourth-order valence-corrected chi connectivity index (χ4v) is 6.88. The van der Waals surface area contributed by atoms with Gasteiger partial charge in [-0.25, -0.2) is 4.39 Å². The maximum absolute atomic E-state index is 15.8. The maximum Gasteiger partial charge on any atom is 0.242 e. The first-order chi connectivity index (χ1) is 18.0. The number of amides is 2. The third-order valence-corrected chi connectivity index (χ3v) is 8.62. The van der Waals surface area contributed by atoms with Crippen molar-refractivity contribution in [2.45, 2.75) is 50.6 Å². The third-order valence-electron chi connectivity index (χ3n) is 7.18. The van der Waals surface area contributed by atoms with Crippen LogP contribution in [0.15, 0.2) is 48.5 Å². The minimum absolute atomic E-state index is 0.0947. The van der Waals surface area contributed by atoms with Gasteiger partial charge in [0.2, 0.25) is 11.8 Å². The predicted octanol–water partition coefficient (Wildman–Crippen LogP) is 6.45. The fraction of sp³-hybridized carbons (Fsp3) is 0.321. The molecule has 6 nitrogen and oxygen atoms in total. The summed E-state index contributed by atoms with van der Waals surface area (Å²) in [5.74, 6) is -2.38. The standard InChI is InChI=1S/C28H25Cl2FN4O2S/c1-27(2,3)12-20-28(17-9-7-14(29)11-19(17)33-26(28)37)22(16-5-4-6-18(30)23(16)31)24(34-20)25(36)35-21-10-8-15(13-32)38-21/h4-11,20,22,24,34H,12H2,1-3H3,(H,33,37)(H,35,36)/t20-,22?,24+,28+/m0/s1. The Morgan fingerprint density at radius 3 is 2.66 bits per heavy atom. The number of halogens is 3. The highest BCUT2D eigenvalue weighted by molar-refractivity contribution is 7.16. The first kappa shape index (κ1) is 26.6. The van der Waals surface area contributed by atoms with Crippen molar-refractivity contribution in [2.24, 2.45) is 5.41 Å². The molecular formula is C28H25Cl2FN4O2S. The highest BCUT2D eigenvalue weighted by atomic mass is 35.5. The second kappa shape index (κ2) is 9.65. The molecule has 1 aromatic heterocycles. The highest BCUT2D eigenvalue weighted by Gasteiger charge is 2.66. The molecular weight excluding hydrogens is 546 g/mol. The molecule has 1 spiro atoms. The zero-order valence-corrected chi connectivity index (χ0v) is 23.2. The van der Waals surface area contributed by atoms with Crippen LogP contribution >= 0.6 is 34.5 Å². The normalized spacial score (nSPS) is 24.2. The quantitative estimate of drug-likeness (QED) is 0.335. The van der Waals surface area contributed by atoms with Gasteiger partial charge in [-0.1, -0.05) is 62.2 Å². The highest BCUT2D eigenvalue weighted by Crippen LogP contribution is 2.57. The summed E-state index contributed by atoms with van der Waals surface area (Å²) in [6.07, 6.45) is 0.516. The van der Waals surface area contributed by atoms with E-state index in [1.54, 1.807) is 42.5 Å². The number of benzene rings is 2. The third kappa shape index (κ3) is 4.38. The van der Waals surface area contributed by atoms with Crippen LogP contribution in [0.25, 0.3) is 0 Å². The number of carbonyl (C=O) groups excluding carboxylic acids is 2. The van der Waals surface area contributed by atoms with E-state index in [1.807, 2.05) is 0 Å². The lowest BCUT2D eigenvalue weighted by atomic mass is 9.62. The van der Waals surface area contributed by atoms with Gasteiger partial charge in [0.25, 0.3) is 0 Å². The van der Waals surface area contributed by atoms with Crippen LogP contribution in [0, 0.1) is 22.6 Å². The Kier molecular flexibility index (Phi) is 6.77. The minimum atomic E-state index is -1.33. The van der Waals surface area contributed by atoms with Crippen LogP contribution in [-0.2, 0) is 15.0 Å². The summed E-state index contributed by atoms with van der Waals surface area (Å²) in [5.41, 5.74) is -0.208. The van der Waals surface area contributed by atoms with Gasteiger partial charge in [0.1, 0.15) is 22.2 Å². The van der Waals surface area contributed by atoms with Crippen molar-refractivity contribution in [3.63, 3.8) is 0 Å². The van der Waals surface area contributed by atoms with E-state index in [9.17, 15) is 14.9 Å². The average molecular weight is 572 g/mol. The van der Waals surface area contributed by atoms with Gasteiger partial charge in [0.05, 0.1) is 16.1 Å². The summed E-state index contributed by atoms with van der Waals surface area (Å²) in [6, 6.07) is 13.6. The van der Waals surface area contributed by atoms with Crippen LogP contribution in [0.4, 0.5) is 15.1 Å². The molecule has 3 heterocycles. The number of nitriles is 1. The Hall–Kier alpha value is -2.96. The van der Waals surface area contributed by atoms with Crippen molar-refractivity contribution >= 4 is 57.0 Å². The Morgan fingerprint density at radius 2 is 1.97 bits per heavy atom. The van der Waals surface area contributed by atoms with Gasteiger partial charge in [-0.15, -0.1) is 11.3 Å². The topological polar surface area (TPSA) is 94.0 Å². The molecule has 1 fully saturated rings. The molecule has 196 valence electrons. The van der Waals surface area contributed by atoms with Gasteiger partial charge in [-0.3, -0.25) is 9.59 Å². The van der Waals surface area contributed by atoms with Crippen molar-refractivity contribution in [3.05, 3.63) is 80.4 Å². The Bertz CT molecular complexity index is 1490. The van der Waals surface area contributed by atoms with Crippen LogP contribution in [0.5, 0.6) is 0 Å². The number of nitrogens with zero attached hydrogens (tertiary/aromatic N) is 1. The van der Waals surface area contributed by atoms with Crippen molar-refractivity contribution in [1.82, 2.24) is 5.32 Å². The molecule has 1 saturated heterocycles. The number of hydrogen-bond acceptors (Lipinski definition) is 5. The Morgan fingerprint density at radius 1 is 1.21 bits per heavy atom. The molecule has 2 aliphatic heterocycles. The minimum Gasteiger partial charge on any atom is -0.325 e. The van der Waals surface area contributed by atoms with Gasteiger partial charge in [0.15, 0.2) is 0 Å². The zero-order chi connectivity index (χ0) is 27.4. The summed E-state index contributed by atoms with van der Waals surface area (Å²) in [7, 11) is 0. The van der Waals surface area contributed by atoms with E-state index in [0.29, 0.717) is 32.6 Å². The lowest BCUT2D eigenvalue weighted by Crippen LogP contribution is -2.49. The molecule has 0 bridgehead atoms. The lowest BCUT2D eigenvalue weighted by molar-refractivity contribution is -0.122. The van der Waals surface area contributed by atoms with Gasteiger partial charge in [0, 0.05) is 22.7 Å². The molecule has 2 aromatic carbocycles. The van der Waals surface area contributed by atoms with Crippen molar-refractivity contribution in [2.75, 3.05) is 10.6 Å². The molecule has 38 heavy (non-hydrogen) atoms. The average Bonchev–Trinajstić information content (AvgIpc) is 3.50. The van der Waals surface area contributed by atoms with E-state index in [-0.39, 0.29) is 21.9 Å². The first-order valence-corrected chi connectivity index (χ1v) is 13.6. The van der Waals surface area contributed by atoms with Crippen LogP contribution in [0.1, 0.15) is 49.1 Å². The Labute approximate surface area is 234 Å². The SMILES string of the molecule is CC(C)(C)C[C@@H]1N[C@@H](C(=O)Nc2ccc(C#N)s2)C(c2cccc(Cl)c2F)[C@]12C(=O)Nc1cc(Cl)ccc12. The molecule has 5 rings (SSSR count). The van der Waals surface area contributed by atoms with E-state index in [1.165, 1.54) is 6.07 Å². The summed E-state index contributed by atoms with van der Waals surface area (Å²) in [6.45, 7) is 6.15. The summed E-state index contributed by atoms with van der Waals surface area (Å²) in [4.78, 5) is 28.4. The van der Waals surface area contributed by atoms with E-state index in [0.717, 1.165) is 11.3 Å². The molecule has 10 heteroatoms. The number of rotatable bonds is 4. The Balaban J connectivity index is 1.72. The number of nitrogens with one attached hydrogen (secondary N) is 3. The zero-order valence-electron chi connectivity index (χ0n) is 20.9. The number of hydrogen-bond donors (Lipinski definition) is 3. The van der Waals surface area contributed by atoms with E-state index < -0.39 is 35.1 Å². The van der Waals surface area contributed by atoms with E-state index in [4.69, 9.17) is 23.2 Å². The lowest BCUT2D eigenvalue weighted by Gasteiger charge is -2.37. The van der Waals surface area contributed by atoms with Crippen LogP contribution < -0.4 is 16.0 Å². The molecule has 3 aromatic rings. The molecule has 2 aliphatic rings. The molecule has 0 aliphatic carbocycles. The summed E-state index contributed by atoms with van der Waals surface area (Å²) in [5, 5.41) is 19.3. The molecule has 0 saturated carbocycles. The van der Waals surface area contributed by atoms with E-state index >= 15 is 4.39 Å². The molecule has 4 atom stereocenters. The number of anilines is 2. The van der Waals surface area contributed by atoms with Crippen LogP contribution in [0.2, 0.25) is 10.0 Å². The van der Waals surface area contributed by atoms with Crippen molar-refractivity contribution in [3.8, 4) is 6.07 Å². The van der Waals surface area contributed by atoms with Gasteiger partial charge in [-0.05, 0) is 53.3 Å². The number of thiophene rings is 1. The van der Waals surface area contributed by atoms with Crippen molar-refractivity contribution in [1.29, 1.82) is 5.26 Å². The monoisotopic (exact) mass is 570 g/mol. The van der Waals surface area contributed by atoms with Gasteiger partial charge >= 0.3 is 0 Å². The molecule has 3 N–H and O–H groups in total. The fourth-order valence-electron chi connectivity index (χ4n) is 5.82. The maximum atomic E-state index is 15.8. The molecule has 0 radical (unpaired) electrons. The van der Waals surface area contributed by atoms with Crippen LogP contribution in [-0.4, -0.2) is 23.9 Å². The second-order valence-electron chi connectivity index (χ2n) is 10.9.